The van der Waals surface area contributed by atoms with Gasteiger partial charge >= 0.3 is 6.03 Å². The summed E-state index contributed by atoms with van der Waals surface area (Å²) in [5.41, 5.74) is 7.65. The van der Waals surface area contributed by atoms with Crippen molar-refractivity contribution in [2.45, 2.75) is 50.7 Å². The Morgan fingerprint density at radius 1 is 1.12 bits per heavy atom. The van der Waals surface area contributed by atoms with Crippen LogP contribution in [0.1, 0.15) is 36.8 Å². The monoisotopic (exact) mass is 344 g/mol. The third-order valence-electron chi connectivity index (χ3n) is 4.96. The first-order chi connectivity index (χ1) is 12.0. The van der Waals surface area contributed by atoms with Crippen LogP contribution < -0.4 is 16.4 Å². The summed E-state index contributed by atoms with van der Waals surface area (Å²) >= 11 is 0. The number of amides is 4. The fraction of sp³-hybridized carbons (Fsp3) is 0.500. The third kappa shape index (κ3) is 4.36. The molecule has 0 aromatic heterocycles. The molecule has 1 aliphatic heterocycles. The first-order valence-corrected chi connectivity index (χ1v) is 8.73. The summed E-state index contributed by atoms with van der Waals surface area (Å²) in [4.78, 5) is 37.6. The van der Waals surface area contributed by atoms with Gasteiger partial charge in [0.15, 0.2) is 0 Å². The van der Waals surface area contributed by atoms with Crippen LogP contribution in [-0.4, -0.2) is 41.4 Å². The number of carbonyl (C=O) groups is 3. The van der Waals surface area contributed by atoms with Gasteiger partial charge in [0.25, 0.3) is 0 Å². The average molecular weight is 344 g/mol. The number of imide groups is 1. The maximum absolute atomic E-state index is 12.2. The fourth-order valence-electron chi connectivity index (χ4n) is 3.67. The Bertz CT molecular complexity index is 670. The van der Waals surface area contributed by atoms with Crippen molar-refractivity contribution in [2.75, 3.05) is 6.54 Å². The van der Waals surface area contributed by atoms with E-state index in [1.165, 1.54) is 0 Å². The highest BCUT2D eigenvalue weighted by Crippen LogP contribution is 2.23. The van der Waals surface area contributed by atoms with E-state index >= 15 is 0 Å². The lowest BCUT2D eigenvalue weighted by Crippen LogP contribution is -2.53. The molecule has 4 N–H and O–H groups in total. The molecule has 2 aliphatic rings. The molecule has 1 aliphatic carbocycles. The summed E-state index contributed by atoms with van der Waals surface area (Å²) < 4.78 is 0. The van der Waals surface area contributed by atoms with E-state index in [9.17, 15) is 14.4 Å². The van der Waals surface area contributed by atoms with Crippen molar-refractivity contribution in [2.24, 2.45) is 5.73 Å². The molecule has 7 nitrogen and oxygen atoms in total. The van der Waals surface area contributed by atoms with Crippen LogP contribution >= 0.6 is 0 Å². The third-order valence-corrected chi connectivity index (χ3v) is 4.96. The van der Waals surface area contributed by atoms with Gasteiger partial charge in [0, 0.05) is 12.6 Å². The number of urea groups is 1. The zero-order valence-corrected chi connectivity index (χ0v) is 14.2. The summed E-state index contributed by atoms with van der Waals surface area (Å²) in [6.07, 6.45) is 4.59. The van der Waals surface area contributed by atoms with Crippen molar-refractivity contribution >= 4 is 17.8 Å². The molecule has 7 heteroatoms. The van der Waals surface area contributed by atoms with Gasteiger partial charge in [-0.05, 0) is 30.4 Å². The van der Waals surface area contributed by atoms with Gasteiger partial charge in [0.2, 0.25) is 11.8 Å². The van der Waals surface area contributed by atoms with E-state index in [0.717, 1.165) is 36.8 Å². The van der Waals surface area contributed by atoms with Crippen molar-refractivity contribution in [3.63, 3.8) is 0 Å². The number of hydrogen-bond acceptors (Lipinski definition) is 4. The van der Waals surface area contributed by atoms with Gasteiger partial charge in [0.05, 0.1) is 12.6 Å². The van der Waals surface area contributed by atoms with E-state index in [-0.39, 0.29) is 12.6 Å². The SMILES string of the molecule is NC(=O)[C@@H]1Cc2ccccc2CN1CC(=O)NC(=O)NC1CCCC1. The van der Waals surface area contributed by atoms with Crippen LogP contribution in [0.25, 0.3) is 0 Å². The Morgan fingerprint density at radius 2 is 1.80 bits per heavy atom. The molecule has 3 rings (SSSR count). The maximum atomic E-state index is 12.2. The number of hydrogen-bond donors (Lipinski definition) is 3. The minimum absolute atomic E-state index is 0.0416. The number of nitrogens with one attached hydrogen (secondary N) is 2. The lowest BCUT2D eigenvalue weighted by atomic mass is 9.93. The highest BCUT2D eigenvalue weighted by Gasteiger charge is 2.31. The molecule has 25 heavy (non-hydrogen) atoms. The van der Waals surface area contributed by atoms with Crippen LogP contribution in [0.4, 0.5) is 4.79 Å². The standard InChI is InChI=1S/C18H24N4O3/c19-17(24)15-9-12-5-1-2-6-13(12)10-22(15)11-16(23)21-18(25)20-14-7-3-4-8-14/h1-2,5-6,14-15H,3-4,7-11H2,(H2,19,24)(H2,20,21,23,25)/t15-/m0/s1. The summed E-state index contributed by atoms with van der Waals surface area (Å²) in [6.45, 7) is 0.418. The molecule has 1 aromatic carbocycles. The highest BCUT2D eigenvalue weighted by atomic mass is 16.2. The zero-order chi connectivity index (χ0) is 17.8. The number of carbonyl (C=O) groups excluding carboxylic acids is 3. The zero-order valence-electron chi connectivity index (χ0n) is 14.2. The molecule has 0 unspecified atom stereocenters. The summed E-state index contributed by atoms with van der Waals surface area (Å²) in [7, 11) is 0. The lowest BCUT2D eigenvalue weighted by molar-refractivity contribution is -0.127. The molecular weight excluding hydrogens is 320 g/mol. The largest absolute Gasteiger partial charge is 0.368 e. The van der Waals surface area contributed by atoms with Gasteiger partial charge in [-0.25, -0.2) is 4.79 Å². The number of benzene rings is 1. The summed E-state index contributed by atoms with van der Waals surface area (Å²) in [6, 6.07) is 6.93. The Balaban J connectivity index is 1.59. The molecule has 1 atom stereocenters. The lowest BCUT2D eigenvalue weighted by Gasteiger charge is -2.34. The molecule has 4 amide bonds. The second-order valence-corrected chi connectivity index (χ2v) is 6.80. The van der Waals surface area contributed by atoms with E-state index < -0.39 is 23.9 Å². The van der Waals surface area contributed by atoms with Gasteiger partial charge in [-0.15, -0.1) is 0 Å². The predicted octanol–water partition coefficient (Wildman–Crippen LogP) is 0.667. The molecule has 0 saturated heterocycles. The van der Waals surface area contributed by atoms with E-state index in [2.05, 4.69) is 10.6 Å². The van der Waals surface area contributed by atoms with Crippen molar-refractivity contribution in [1.82, 2.24) is 15.5 Å². The summed E-state index contributed by atoms with van der Waals surface area (Å²) in [5.74, 6) is -0.890. The van der Waals surface area contributed by atoms with Crippen LogP contribution in [-0.2, 0) is 22.6 Å². The normalized spacial score (nSPS) is 20.7. The van der Waals surface area contributed by atoms with E-state index in [1.54, 1.807) is 4.90 Å². The minimum atomic E-state index is -0.543. The molecule has 134 valence electrons. The van der Waals surface area contributed by atoms with Gasteiger partial charge in [-0.1, -0.05) is 37.1 Å². The average Bonchev–Trinajstić information content (AvgIpc) is 3.06. The number of nitrogens with zero attached hydrogens (tertiary/aromatic N) is 1. The second kappa shape index (κ2) is 7.65. The van der Waals surface area contributed by atoms with E-state index in [4.69, 9.17) is 5.73 Å². The Morgan fingerprint density at radius 3 is 2.48 bits per heavy atom. The maximum Gasteiger partial charge on any atom is 0.321 e. The Labute approximate surface area is 146 Å². The molecular formula is C18H24N4O3. The topological polar surface area (TPSA) is 105 Å². The Hall–Kier alpha value is -2.41. The van der Waals surface area contributed by atoms with Gasteiger partial charge < -0.3 is 11.1 Å². The van der Waals surface area contributed by atoms with Crippen LogP contribution in [0, 0.1) is 0 Å². The fourth-order valence-corrected chi connectivity index (χ4v) is 3.67. The van der Waals surface area contributed by atoms with Crippen molar-refractivity contribution in [3.05, 3.63) is 35.4 Å². The Kier molecular flexibility index (Phi) is 5.33. The molecule has 1 aromatic rings. The molecule has 1 heterocycles. The van der Waals surface area contributed by atoms with Crippen LogP contribution in [0.5, 0.6) is 0 Å². The number of nitrogens with two attached hydrogens (primary N) is 1. The van der Waals surface area contributed by atoms with Crippen molar-refractivity contribution in [1.29, 1.82) is 0 Å². The van der Waals surface area contributed by atoms with Crippen molar-refractivity contribution < 1.29 is 14.4 Å². The van der Waals surface area contributed by atoms with Crippen LogP contribution in [0.2, 0.25) is 0 Å². The quantitative estimate of drug-likeness (QED) is 0.746. The first kappa shape index (κ1) is 17.4. The van der Waals surface area contributed by atoms with Crippen molar-refractivity contribution in [3.8, 4) is 0 Å². The number of rotatable bonds is 4. The molecule has 1 saturated carbocycles. The molecule has 1 fully saturated rings. The van der Waals surface area contributed by atoms with Crippen LogP contribution in [0.3, 0.4) is 0 Å². The minimum Gasteiger partial charge on any atom is -0.368 e. The molecule has 0 spiro atoms. The number of fused-ring (bicyclic) bond motifs is 1. The molecule has 0 radical (unpaired) electrons. The summed E-state index contributed by atoms with van der Waals surface area (Å²) in [5, 5.41) is 5.17. The van der Waals surface area contributed by atoms with Crippen LogP contribution in [0.15, 0.2) is 24.3 Å². The first-order valence-electron chi connectivity index (χ1n) is 8.73. The van der Waals surface area contributed by atoms with Gasteiger partial charge in [0.1, 0.15) is 0 Å². The predicted molar refractivity (Wildman–Crippen MR) is 92.5 cm³/mol. The van der Waals surface area contributed by atoms with Gasteiger partial charge in [-0.3, -0.25) is 19.8 Å². The number of primary amides is 1. The van der Waals surface area contributed by atoms with E-state index in [0.29, 0.717) is 13.0 Å². The smallest absolute Gasteiger partial charge is 0.321 e. The molecule has 0 bridgehead atoms. The van der Waals surface area contributed by atoms with Gasteiger partial charge in [-0.2, -0.15) is 0 Å². The highest BCUT2D eigenvalue weighted by molar-refractivity contribution is 5.95. The second-order valence-electron chi connectivity index (χ2n) is 6.80. The van der Waals surface area contributed by atoms with E-state index in [1.807, 2.05) is 24.3 Å².